The number of piperazine rings is 1. The van der Waals surface area contributed by atoms with Gasteiger partial charge in [-0.3, -0.25) is 4.79 Å². The second-order valence-electron chi connectivity index (χ2n) is 6.89. The molecule has 0 aromatic carbocycles. The fourth-order valence-corrected chi connectivity index (χ4v) is 3.78. The average molecular weight is 362 g/mol. The van der Waals surface area contributed by atoms with Crippen molar-refractivity contribution in [3.8, 4) is 0 Å². The number of ether oxygens (including phenoxy) is 1. The van der Waals surface area contributed by atoms with Crippen molar-refractivity contribution < 1.29 is 9.53 Å². The monoisotopic (exact) mass is 362 g/mol. The molecule has 8 nitrogen and oxygen atoms in total. The van der Waals surface area contributed by atoms with E-state index in [2.05, 4.69) is 31.6 Å². The molecular formula is C18H30N6O2. The van der Waals surface area contributed by atoms with Gasteiger partial charge in [-0.15, -0.1) is 0 Å². The van der Waals surface area contributed by atoms with Crippen LogP contribution in [0.3, 0.4) is 0 Å². The molecule has 2 saturated heterocycles. The molecule has 0 radical (unpaired) electrons. The van der Waals surface area contributed by atoms with Crippen LogP contribution in [-0.2, 0) is 9.53 Å². The minimum Gasteiger partial charge on any atom is -0.466 e. The van der Waals surface area contributed by atoms with Crippen molar-refractivity contribution in [1.82, 2.24) is 14.9 Å². The van der Waals surface area contributed by atoms with Gasteiger partial charge in [0.15, 0.2) is 11.6 Å². The molecule has 1 aromatic rings. The van der Waals surface area contributed by atoms with Gasteiger partial charge < -0.3 is 25.2 Å². The zero-order chi connectivity index (χ0) is 18.5. The first-order chi connectivity index (χ1) is 12.6. The van der Waals surface area contributed by atoms with Crippen LogP contribution < -0.4 is 15.5 Å². The molecule has 2 aliphatic heterocycles. The van der Waals surface area contributed by atoms with Crippen LogP contribution in [0.1, 0.15) is 26.7 Å². The van der Waals surface area contributed by atoms with E-state index in [0.29, 0.717) is 18.8 Å². The first-order valence-corrected chi connectivity index (χ1v) is 9.63. The zero-order valence-corrected chi connectivity index (χ0v) is 15.9. The summed E-state index contributed by atoms with van der Waals surface area (Å²) < 4.78 is 5.19. The van der Waals surface area contributed by atoms with Gasteiger partial charge >= 0.3 is 5.97 Å². The maximum atomic E-state index is 12.1. The Balaban J connectivity index is 1.73. The van der Waals surface area contributed by atoms with E-state index in [9.17, 15) is 4.79 Å². The maximum Gasteiger partial charge on any atom is 0.310 e. The minimum atomic E-state index is -0.124. The lowest BCUT2D eigenvalue weighted by atomic mass is 9.98. The van der Waals surface area contributed by atoms with E-state index in [1.165, 1.54) is 0 Å². The van der Waals surface area contributed by atoms with Crippen LogP contribution in [0.4, 0.5) is 17.3 Å². The summed E-state index contributed by atoms with van der Waals surface area (Å²) in [6.45, 7) is 10.8. The molecule has 0 spiro atoms. The Hall–Kier alpha value is -2.09. The molecule has 1 unspecified atom stereocenters. The Morgan fingerprint density at radius 1 is 1.15 bits per heavy atom. The number of hydrogen-bond donors (Lipinski definition) is 1. The lowest BCUT2D eigenvalue weighted by molar-refractivity contribution is -0.148. The summed E-state index contributed by atoms with van der Waals surface area (Å²) in [6, 6.07) is 0. The standard InChI is InChI=1S/C18H30N6O2/c1-3-22-8-10-23(11-9-22)16-15(19)17(21-13-20-16)24-7-5-6-14(12-24)18(25)26-4-2/h13-14H,3-12,19H2,1-2H3. The molecule has 1 atom stereocenters. The number of esters is 1. The van der Waals surface area contributed by atoms with Gasteiger partial charge in [0.05, 0.1) is 12.5 Å². The number of carbonyl (C=O) groups excluding carboxylic acids is 1. The second kappa shape index (κ2) is 8.53. The molecule has 2 fully saturated rings. The number of nitrogens with zero attached hydrogens (tertiary/aromatic N) is 5. The van der Waals surface area contributed by atoms with Gasteiger partial charge in [-0.05, 0) is 26.3 Å². The summed E-state index contributed by atoms with van der Waals surface area (Å²) in [5.41, 5.74) is 7.07. The van der Waals surface area contributed by atoms with Crippen molar-refractivity contribution in [1.29, 1.82) is 0 Å². The van der Waals surface area contributed by atoms with Gasteiger partial charge in [0.25, 0.3) is 0 Å². The molecule has 0 bridgehead atoms. The number of likely N-dealkylation sites (N-methyl/N-ethyl adjacent to an activating group) is 1. The fourth-order valence-electron chi connectivity index (χ4n) is 3.78. The Morgan fingerprint density at radius 2 is 1.85 bits per heavy atom. The third-order valence-corrected chi connectivity index (χ3v) is 5.30. The smallest absolute Gasteiger partial charge is 0.310 e. The molecule has 1 aromatic heterocycles. The van der Waals surface area contributed by atoms with Crippen molar-refractivity contribution in [2.45, 2.75) is 26.7 Å². The van der Waals surface area contributed by atoms with Gasteiger partial charge in [0, 0.05) is 39.3 Å². The van der Waals surface area contributed by atoms with Gasteiger partial charge in [0.2, 0.25) is 0 Å². The molecule has 8 heteroatoms. The Kier molecular flexibility index (Phi) is 6.13. The molecule has 2 N–H and O–H groups in total. The van der Waals surface area contributed by atoms with E-state index in [-0.39, 0.29) is 11.9 Å². The summed E-state index contributed by atoms with van der Waals surface area (Å²) in [6.07, 6.45) is 3.37. The molecule has 0 aliphatic carbocycles. The summed E-state index contributed by atoms with van der Waals surface area (Å²) in [5, 5.41) is 0. The van der Waals surface area contributed by atoms with Crippen LogP contribution in [-0.4, -0.2) is 73.3 Å². The molecule has 0 amide bonds. The second-order valence-corrected chi connectivity index (χ2v) is 6.89. The third kappa shape index (κ3) is 4.00. The van der Waals surface area contributed by atoms with E-state index in [4.69, 9.17) is 10.5 Å². The molecule has 0 saturated carbocycles. The fraction of sp³-hybridized carbons (Fsp3) is 0.722. The topological polar surface area (TPSA) is 87.8 Å². The minimum absolute atomic E-state index is 0.116. The summed E-state index contributed by atoms with van der Waals surface area (Å²) in [7, 11) is 0. The number of nitrogen functional groups attached to an aromatic ring is 1. The largest absolute Gasteiger partial charge is 0.466 e. The number of piperidine rings is 1. The summed E-state index contributed by atoms with van der Waals surface area (Å²) >= 11 is 0. The van der Waals surface area contributed by atoms with Crippen LogP contribution in [0.25, 0.3) is 0 Å². The van der Waals surface area contributed by atoms with E-state index < -0.39 is 0 Å². The lowest BCUT2D eigenvalue weighted by Gasteiger charge is -2.37. The highest BCUT2D eigenvalue weighted by atomic mass is 16.5. The normalized spacial score (nSPS) is 21.7. The lowest BCUT2D eigenvalue weighted by Crippen LogP contribution is -2.47. The van der Waals surface area contributed by atoms with E-state index >= 15 is 0 Å². The van der Waals surface area contributed by atoms with Crippen LogP contribution >= 0.6 is 0 Å². The number of hydrogen-bond acceptors (Lipinski definition) is 8. The third-order valence-electron chi connectivity index (χ3n) is 5.30. The van der Waals surface area contributed by atoms with Crippen LogP contribution in [0.15, 0.2) is 6.33 Å². The van der Waals surface area contributed by atoms with Crippen molar-refractivity contribution >= 4 is 23.3 Å². The Morgan fingerprint density at radius 3 is 2.50 bits per heavy atom. The van der Waals surface area contributed by atoms with Crippen molar-refractivity contribution in [3.05, 3.63) is 6.33 Å². The highest BCUT2D eigenvalue weighted by Crippen LogP contribution is 2.32. The highest BCUT2D eigenvalue weighted by molar-refractivity contribution is 5.78. The van der Waals surface area contributed by atoms with Gasteiger partial charge in [-0.25, -0.2) is 9.97 Å². The highest BCUT2D eigenvalue weighted by Gasteiger charge is 2.30. The number of carbonyl (C=O) groups is 1. The average Bonchev–Trinajstić information content (AvgIpc) is 2.68. The number of anilines is 3. The number of aromatic nitrogens is 2. The van der Waals surface area contributed by atoms with Gasteiger partial charge in [0.1, 0.15) is 12.0 Å². The van der Waals surface area contributed by atoms with E-state index in [1.54, 1.807) is 6.33 Å². The maximum absolute atomic E-state index is 12.1. The molecule has 2 aliphatic rings. The van der Waals surface area contributed by atoms with Crippen molar-refractivity contribution in [3.63, 3.8) is 0 Å². The first-order valence-electron chi connectivity index (χ1n) is 9.63. The van der Waals surface area contributed by atoms with Crippen molar-refractivity contribution in [2.75, 3.05) is 68.0 Å². The Bertz CT molecular complexity index is 618. The predicted molar refractivity (Wildman–Crippen MR) is 102 cm³/mol. The molecule has 3 heterocycles. The SMILES string of the molecule is CCOC(=O)C1CCCN(c2ncnc(N3CCN(CC)CC3)c2N)C1. The molecule has 26 heavy (non-hydrogen) atoms. The molecule has 144 valence electrons. The summed E-state index contributed by atoms with van der Waals surface area (Å²) in [5.74, 6) is 1.31. The van der Waals surface area contributed by atoms with Crippen LogP contribution in [0.2, 0.25) is 0 Å². The van der Waals surface area contributed by atoms with Crippen LogP contribution in [0.5, 0.6) is 0 Å². The predicted octanol–water partition coefficient (Wildman–Crippen LogP) is 0.980. The Labute approximate surface area is 155 Å². The number of nitrogens with two attached hydrogens (primary N) is 1. The van der Waals surface area contributed by atoms with Gasteiger partial charge in [-0.1, -0.05) is 6.92 Å². The zero-order valence-electron chi connectivity index (χ0n) is 15.9. The first kappa shape index (κ1) is 18.7. The molecule has 3 rings (SSSR count). The van der Waals surface area contributed by atoms with Crippen LogP contribution in [0, 0.1) is 5.92 Å². The quantitative estimate of drug-likeness (QED) is 0.776. The van der Waals surface area contributed by atoms with E-state index in [0.717, 1.165) is 63.7 Å². The summed E-state index contributed by atoms with van der Waals surface area (Å²) in [4.78, 5) is 27.7. The van der Waals surface area contributed by atoms with E-state index in [1.807, 2.05) is 6.92 Å². The molecular weight excluding hydrogens is 332 g/mol. The van der Waals surface area contributed by atoms with Crippen molar-refractivity contribution in [2.24, 2.45) is 5.92 Å². The number of rotatable bonds is 5. The van der Waals surface area contributed by atoms with Gasteiger partial charge in [-0.2, -0.15) is 0 Å².